The molecule has 23 heavy (non-hydrogen) atoms. The summed E-state index contributed by atoms with van der Waals surface area (Å²) in [4.78, 5) is 3.90. The van der Waals surface area contributed by atoms with Crippen molar-refractivity contribution in [3.05, 3.63) is 71.5 Å². The molecule has 0 aliphatic rings. The number of benzene rings is 2. The SMILES string of the molecule is CC(NS(=O)(=O)c1ccc(Cl)nc1)c1ccc2ccccc2c1. The number of sulfonamides is 1. The van der Waals surface area contributed by atoms with Gasteiger partial charge in [-0.05, 0) is 41.5 Å². The first-order valence-corrected chi connectivity index (χ1v) is 8.94. The molecule has 1 unspecified atom stereocenters. The van der Waals surface area contributed by atoms with Crippen molar-refractivity contribution in [2.45, 2.75) is 17.9 Å². The van der Waals surface area contributed by atoms with E-state index in [4.69, 9.17) is 11.6 Å². The fourth-order valence-electron chi connectivity index (χ4n) is 2.37. The van der Waals surface area contributed by atoms with Crippen molar-refractivity contribution < 1.29 is 8.42 Å². The predicted molar refractivity (Wildman–Crippen MR) is 91.9 cm³/mol. The van der Waals surface area contributed by atoms with Gasteiger partial charge in [-0.25, -0.2) is 18.1 Å². The molecule has 0 saturated heterocycles. The van der Waals surface area contributed by atoms with Crippen molar-refractivity contribution in [2.75, 3.05) is 0 Å². The van der Waals surface area contributed by atoms with E-state index in [1.54, 1.807) is 0 Å². The molecule has 3 rings (SSSR count). The quantitative estimate of drug-likeness (QED) is 0.728. The van der Waals surface area contributed by atoms with Gasteiger partial charge in [-0.15, -0.1) is 0 Å². The number of hydrogen-bond acceptors (Lipinski definition) is 3. The molecule has 118 valence electrons. The molecule has 0 bridgehead atoms. The molecule has 1 aromatic heterocycles. The van der Waals surface area contributed by atoms with E-state index < -0.39 is 10.0 Å². The zero-order chi connectivity index (χ0) is 16.4. The molecule has 0 radical (unpaired) electrons. The second kappa shape index (κ2) is 6.28. The first-order chi connectivity index (χ1) is 11.0. The Hall–Kier alpha value is -1.95. The summed E-state index contributed by atoms with van der Waals surface area (Å²) in [6.45, 7) is 1.81. The third-order valence-corrected chi connectivity index (χ3v) is 5.37. The molecule has 0 spiro atoms. The van der Waals surface area contributed by atoms with Gasteiger partial charge in [0.05, 0.1) is 0 Å². The topological polar surface area (TPSA) is 59.1 Å². The van der Waals surface area contributed by atoms with Crippen LogP contribution in [0, 0.1) is 0 Å². The smallest absolute Gasteiger partial charge is 0.242 e. The molecule has 4 nitrogen and oxygen atoms in total. The Bertz CT molecular complexity index is 940. The first kappa shape index (κ1) is 15.9. The lowest BCUT2D eigenvalue weighted by Crippen LogP contribution is -2.27. The van der Waals surface area contributed by atoms with Crippen molar-refractivity contribution in [2.24, 2.45) is 0 Å². The highest BCUT2D eigenvalue weighted by Gasteiger charge is 2.18. The summed E-state index contributed by atoms with van der Waals surface area (Å²) in [7, 11) is -3.65. The van der Waals surface area contributed by atoms with Crippen LogP contribution in [0.15, 0.2) is 65.7 Å². The van der Waals surface area contributed by atoms with Gasteiger partial charge in [0.15, 0.2) is 0 Å². The van der Waals surface area contributed by atoms with Gasteiger partial charge in [0.1, 0.15) is 10.0 Å². The van der Waals surface area contributed by atoms with E-state index in [1.165, 1.54) is 18.3 Å². The Labute approximate surface area is 140 Å². The van der Waals surface area contributed by atoms with Gasteiger partial charge < -0.3 is 0 Å². The normalized spacial score (nSPS) is 13.1. The third-order valence-electron chi connectivity index (χ3n) is 3.62. The molecule has 1 atom stereocenters. The predicted octanol–water partition coefficient (Wildman–Crippen LogP) is 3.93. The highest BCUT2D eigenvalue weighted by Crippen LogP contribution is 2.22. The van der Waals surface area contributed by atoms with Crippen LogP contribution in [0.3, 0.4) is 0 Å². The van der Waals surface area contributed by atoms with E-state index in [0.717, 1.165) is 16.3 Å². The second-order valence-corrected chi connectivity index (χ2v) is 7.37. The van der Waals surface area contributed by atoms with Gasteiger partial charge in [-0.1, -0.05) is 48.0 Å². The summed E-state index contributed by atoms with van der Waals surface area (Å²) in [5.41, 5.74) is 0.897. The van der Waals surface area contributed by atoms with Crippen LogP contribution >= 0.6 is 11.6 Å². The highest BCUT2D eigenvalue weighted by molar-refractivity contribution is 7.89. The minimum Gasteiger partial charge on any atom is -0.243 e. The zero-order valence-electron chi connectivity index (χ0n) is 12.4. The number of rotatable bonds is 4. The van der Waals surface area contributed by atoms with Crippen LogP contribution in [0.4, 0.5) is 0 Å². The summed E-state index contributed by atoms with van der Waals surface area (Å²) in [6, 6.07) is 16.4. The maximum atomic E-state index is 12.4. The van der Waals surface area contributed by atoms with Crippen molar-refractivity contribution in [1.82, 2.24) is 9.71 Å². The highest BCUT2D eigenvalue weighted by atomic mass is 35.5. The van der Waals surface area contributed by atoms with Gasteiger partial charge in [-0.2, -0.15) is 0 Å². The molecule has 3 aromatic rings. The van der Waals surface area contributed by atoms with E-state index >= 15 is 0 Å². The molecular weight excluding hydrogens is 332 g/mol. The van der Waals surface area contributed by atoms with E-state index in [1.807, 2.05) is 49.4 Å². The van der Waals surface area contributed by atoms with Crippen LogP contribution in [0.2, 0.25) is 5.15 Å². The summed E-state index contributed by atoms with van der Waals surface area (Å²) >= 11 is 5.69. The molecule has 2 aromatic carbocycles. The van der Waals surface area contributed by atoms with Crippen LogP contribution in [-0.2, 0) is 10.0 Å². The molecular formula is C17H15ClN2O2S. The van der Waals surface area contributed by atoms with Crippen LogP contribution in [0.1, 0.15) is 18.5 Å². The van der Waals surface area contributed by atoms with E-state index in [2.05, 4.69) is 9.71 Å². The van der Waals surface area contributed by atoms with Gasteiger partial charge >= 0.3 is 0 Å². The lowest BCUT2D eigenvalue weighted by Gasteiger charge is -2.15. The maximum Gasteiger partial charge on any atom is 0.242 e. The molecule has 0 saturated carbocycles. The molecule has 6 heteroatoms. The molecule has 0 aliphatic heterocycles. The van der Waals surface area contributed by atoms with E-state index in [0.29, 0.717) is 0 Å². The second-order valence-electron chi connectivity index (χ2n) is 5.27. The molecule has 0 amide bonds. The minimum absolute atomic E-state index is 0.0922. The molecule has 1 N–H and O–H groups in total. The fraction of sp³-hybridized carbons (Fsp3) is 0.118. The number of hydrogen-bond donors (Lipinski definition) is 1. The zero-order valence-corrected chi connectivity index (χ0v) is 14.0. The Morgan fingerprint density at radius 2 is 1.78 bits per heavy atom. The number of aromatic nitrogens is 1. The van der Waals surface area contributed by atoms with Crippen LogP contribution in [0.25, 0.3) is 10.8 Å². The summed E-state index contributed by atoms with van der Waals surface area (Å²) in [6.07, 6.45) is 1.25. The molecule has 1 heterocycles. The Morgan fingerprint density at radius 3 is 2.48 bits per heavy atom. The standard InChI is InChI=1S/C17H15ClN2O2S/c1-12(14-7-6-13-4-2-3-5-15(13)10-14)20-23(21,22)16-8-9-17(18)19-11-16/h2-12,20H,1H3. The van der Waals surface area contributed by atoms with Crippen molar-refractivity contribution in [3.8, 4) is 0 Å². The molecule has 0 fully saturated rings. The van der Waals surface area contributed by atoms with Crippen molar-refractivity contribution in [1.29, 1.82) is 0 Å². The average Bonchev–Trinajstić information content (AvgIpc) is 2.54. The lowest BCUT2D eigenvalue weighted by atomic mass is 10.0. The van der Waals surface area contributed by atoms with Gasteiger partial charge in [0.2, 0.25) is 10.0 Å². The largest absolute Gasteiger partial charge is 0.243 e. The van der Waals surface area contributed by atoms with Gasteiger partial charge in [0, 0.05) is 12.2 Å². The lowest BCUT2D eigenvalue weighted by molar-refractivity contribution is 0.566. The number of nitrogens with zero attached hydrogens (tertiary/aromatic N) is 1. The monoisotopic (exact) mass is 346 g/mol. The van der Waals surface area contributed by atoms with E-state index in [-0.39, 0.29) is 16.1 Å². The minimum atomic E-state index is -3.65. The summed E-state index contributed by atoms with van der Waals surface area (Å²) in [5.74, 6) is 0. The molecule has 0 aliphatic carbocycles. The van der Waals surface area contributed by atoms with Crippen LogP contribution in [-0.4, -0.2) is 13.4 Å². The van der Waals surface area contributed by atoms with Crippen molar-refractivity contribution in [3.63, 3.8) is 0 Å². The Kier molecular flexibility index (Phi) is 4.35. The number of fused-ring (bicyclic) bond motifs is 1. The summed E-state index contributed by atoms with van der Waals surface area (Å²) < 4.78 is 27.5. The summed E-state index contributed by atoms with van der Waals surface area (Å²) in [5, 5.41) is 2.45. The van der Waals surface area contributed by atoms with Crippen molar-refractivity contribution >= 4 is 32.4 Å². The van der Waals surface area contributed by atoms with E-state index in [9.17, 15) is 8.42 Å². The number of halogens is 1. The fourth-order valence-corrected chi connectivity index (χ4v) is 3.66. The maximum absolute atomic E-state index is 12.4. The number of pyridine rings is 1. The third kappa shape index (κ3) is 3.52. The Morgan fingerprint density at radius 1 is 1.04 bits per heavy atom. The number of nitrogens with one attached hydrogen (secondary N) is 1. The van der Waals surface area contributed by atoms with Gasteiger partial charge in [0.25, 0.3) is 0 Å². The van der Waals surface area contributed by atoms with Crippen LogP contribution in [0.5, 0.6) is 0 Å². The van der Waals surface area contributed by atoms with Gasteiger partial charge in [-0.3, -0.25) is 0 Å². The Balaban J connectivity index is 1.87. The average molecular weight is 347 g/mol. The first-order valence-electron chi connectivity index (χ1n) is 7.08. The van der Waals surface area contributed by atoms with Crippen LogP contribution < -0.4 is 4.72 Å².